The van der Waals surface area contributed by atoms with E-state index in [0.29, 0.717) is 0 Å². The van der Waals surface area contributed by atoms with Crippen molar-refractivity contribution in [2.24, 2.45) is 11.8 Å². The first kappa shape index (κ1) is 24.2. The number of fused-ring (bicyclic) bond motifs is 1. The van der Waals surface area contributed by atoms with E-state index in [0.717, 1.165) is 40.9 Å². The van der Waals surface area contributed by atoms with Crippen LogP contribution in [-0.2, 0) is 6.54 Å². The molecule has 4 rings (SSSR count). The van der Waals surface area contributed by atoms with Crippen molar-refractivity contribution in [2.45, 2.75) is 59.9 Å². The van der Waals surface area contributed by atoms with Crippen LogP contribution >= 0.6 is 0 Å². The molecule has 0 saturated heterocycles. The topological polar surface area (TPSA) is 41.1 Å². The molecule has 0 amide bonds. The van der Waals surface area contributed by atoms with Crippen LogP contribution in [0.4, 0.5) is 5.82 Å². The van der Waals surface area contributed by atoms with Crippen LogP contribution in [0.5, 0.6) is 0 Å². The highest BCUT2D eigenvalue weighted by Gasteiger charge is 2.17. The maximum absolute atomic E-state index is 4.42. The minimum atomic E-state index is 0.812. The first-order valence-electron chi connectivity index (χ1n) is 12.0. The van der Waals surface area contributed by atoms with Crippen LogP contribution in [-0.4, -0.2) is 30.6 Å². The number of anilines is 1. The van der Waals surface area contributed by atoms with Gasteiger partial charge in [0.15, 0.2) is 0 Å². The molecule has 0 spiro atoms. The van der Waals surface area contributed by atoms with Gasteiger partial charge in [0.05, 0.1) is 5.52 Å². The third-order valence-electron chi connectivity index (χ3n) is 6.50. The monoisotopic (exact) mass is 432 g/mol. The molecular weight excluding hydrogens is 392 g/mol. The van der Waals surface area contributed by atoms with Crippen molar-refractivity contribution in [3.05, 3.63) is 65.0 Å². The molecule has 1 saturated carbocycles. The molecular formula is C28H40N4. The SMILES string of the molecule is Cc1ccc(CNCC2CCC(C)CC2)c(C)c1.Cc1nc(N(C)C)c2ccccc2n1. The lowest BCUT2D eigenvalue weighted by Crippen LogP contribution is -2.26. The third kappa shape index (κ3) is 6.77. The largest absolute Gasteiger partial charge is 0.362 e. The summed E-state index contributed by atoms with van der Waals surface area (Å²) in [6.45, 7) is 10.9. The molecule has 1 fully saturated rings. The second-order valence-electron chi connectivity index (χ2n) is 9.69. The molecule has 2 aromatic carbocycles. The molecule has 3 aromatic rings. The number of benzene rings is 2. The van der Waals surface area contributed by atoms with Crippen LogP contribution in [0.1, 0.15) is 55.1 Å². The number of hydrogen-bond acceptors (Lipinski definition) is 4. The first-order chi connectivity index (χ1) is 15.3. The van der Waals surface area contributed by atoms with Crippen molar-refractivity contribution in [1.29, 1.82) is 0 Å². The molecule has 172 valence electrons. The van der Waals surface area contributed by atoms with Crippen LogP contribution in [0.15, 0.2) is 42.5 Å². The average molecular weight is 433 g/mol. The number of aromatic nitrogens is 2. The van der Waals surface area contributed by atoms with E-state index in [1.807, 2.05) is 50.2 Å². The number of nitrogens with zero attached hydrogens (tertiary/aromatic N) is 3. The summed E-state index contributed by atoms with van der Waals surface area (Å²) in [4.78, 5) is 10.8. The van der Waals surface area contributed by atoms with Crippen molar-refractivity contribution in [3.8, 4) is 0 Å². The quantitative estimate of drug-likeness (QED) is 0.519. The van der Waals surface area contributed by atoms with Crippen LogP contribution in [0, 0.1) is 32.6 Å². The van der Waals surface area contributed by atoms with Gasteiger partial charge in [0.25, 0.3) is 0 Å². The summed E-state index contributed by atoms with van der Waals surface area (Å²) in [6, 6.07) is 14.8. The first-order valence-corrected chi connectivity index (χ1v) is 12.0. The normalized spacial score (nSPS) is 18.2. The van der Waals surface area contributed by atoms with Gasteiger partial charge in [-0.25, -0.2) is 9.97 Å². The van der Waals surface area contributed by atoms with Gasteiger partial charge >= 0.3 is 0 Å². The van der Waals surface area contributed by atoms with E-state index in [1.54, 1.807) is 0 Å². The van der Waals surface area contributed by atoms with Crippen molar-refractivity contribution in [1.82, 2.24) is 15.3 Å². The summed E-state index contributed by atoms with van der Waals surface area (Å²) in [6.07, 6.45) is 5.69. The van der Waals surface area contributed by atoms with Crippen LogP contribution in [0.25, 0.3) is 10.9 Å². The van der Waals surface area contributed by atoms with Gasteiger partial charge in [0.2, 0.25) is 0 Å². The Hall–Kier alpha value is -2.46. The maximum atomic E-state index is 4.42. The summed E-state index contributed by atoms with van der Waals surface area (Å²) in [7, 11) is 3.99. The molecule has 0 atom stereocenters. The maximum Gasteiger partial charge on any atom is 0.139 e. The van der Waals surface area contributed by atoms with Gasteiger partial charge in [-0.3, -0.25) is 0 Å². The van der Waals surface area contributed by atoms with E-state index in [1.165, 1.54) is 48.9 Å². The molecule has 0 unspecified atom stereocenters. The number of nitrogens with one attached hydrogen (secondary N) is 1. The Labute approximate surface area is 194 Å². The molecule has 4 heteroatoms. The Morgan fingerprint density at radius 1 is 0.938 bits per heavy atom. The van der Waals surface area contributed by atoms with Crippen molar-refractivity contribution < 1.29 is 0 Å². The number of aryl methyl sites for hydroxylation is 3. The fourth-order valence-electron chi connectivity index (χ4n) is 4.50. The van der Waals surface area contributed by atoms with Crippen LogP contribution < -0.4 is 10.2 Å². The highest BCUT2D eigenvalue weighted by Crippen LogP contribution is 2.27. The van der Waals surface area contributed by atoms with Gasteiger partial charge < -0.3 is 10.2 Å². The molecule has 1 heterocycles. The van der Waals surface area contributed by atoms with Gasteiger partial charge in [-0.2, -0.15) is 0 Å². The highest BCUT2D eigenvalue weighted by molar-refractivity contribution is 5.89. The van der Waals surface area contributed by atoms with Gasteiger partial charge in [0.1, 0.15) is 11.6 Å². The van der Waals surface area contributed by atoms with Crippen molar-refractivity contribution in [2.75, 3.05) is 25.5 Å². The molecule has 4 nitrogen and oxygen atoms in total. The van der Waals surface area contributed by atoms with E-state index in [9.17, 15) is 0 Å². The third-order valence-corrected chi connectivity index (χ3v) is 6.50. The molecule has 0 radical (unpaired) electrons. The minimum absolute atomic E-state index is 0.812. The Kier molecular flexibility index (Phi) is 8.63. The molecule has 1 aromatic heterocycles. The van der Waals surface area contributed by atoms with Gasteiger partial charge in [-0.1, -0.05) is 55.7 Å². The summed E-state index contributed by atoms with van der Waals surface area (Å²) in [5.41, 5.74) is 5.23. The van der Waals surface area contributed by atoms with E-state index in [4.69, 9.17) is 0 Å². The summed E-state index contributed by atoms with van der Waals surface area (Å²) in [5, 5.41) is 4.75. The zero-order valence-corrected chi connectivity index (χ0v) is 20.8. The molecule has 0 bridgehead atoms. The lowest BCUT2D eigenvalue weighted by atomic mass is 9.83. The van der Waals surface area contributed by atoms with Crippen LogP contribution in [0.3, 0.4) is 0 Å². The van der Waals surface area contributed by atoms with Gasteiger partial charge in [-0.05, 0) is 75.3 Å². The molecule has 1 aliphatic carbocycles. The second-order valence-corrected chi connectivity index (χ2v) is 9.69. The van der Waals surface area contributed by atoms with Gasteiger partial charge in [0, 0.05) is 26.0 Å². The number of hydrogen-bond donors (Lipinski definition) is 1. The second kappa shape index (κ2) is 11.4. The van der Waals surface area contributed by atoms with Crippen molar-refractivity contribution in [3.63, 3.8) is 0 Å². The zero-order valence-electron chi connectivity index (χ0n) is 20.8. The predicted molar refractivity (Wildman–Crippen MR) is 137 cm³/mol. The van der Waals surface area contributed by atoms with Crippen LogP contribution in [0.2, 0.25) is 0 Å². The molecule has 1 aliphatic rings. The zero-order chi connectivity index (χ0) is 23.1. The Morgan fingerprint density at radius 3 is 2.34 bits per heavy atom. The van der Waals surface area contributed by atoms with E-state index in [-0.39, 0.29) is 0 Å². The molecule has 0 aliphatic heterocycles. The summed E-state index contributed by atoms with van der Waals surface area (Å²) in [5.74, 6) is 3.66. The fraction of sp³-hybridized carbons (Fsp3) is 0.500. The standard InChI is InChI=1S/C17H27N.C11H13N3/c1-13-4-7-16(8-5-13)11-18-12-17-9-6-14(2)10-15(17)3;1-8-12-10-7-5-4-6-9(10)11(13-8)14(2)3/h6,9-10,13,16,18H,4-5,7-8,11-12H2,1-3H3;4-7H,1-3H3. The average Bonchev–Trinajstić information content (AvgIpc) is 2.76. The van der Waals surface area contributed by atoms with Crippen molar-refractivity contribution >= 4 is 16.7 Å². The Balaban J connectivity index is 0.000000186. The molecule has 32 heavy (non-hydrogen) atoms. The highest BCUT2D eigenvalue weighted by atomic mass is 15.1. The Morgan fingerprint density at radius 2 is 1.66 bits per heavy atom. The number of para-hydroxylation sites is 1. The number of rotatable bonds is 5. The summed E-state index contributed by atoms with van der Waals surface area (Å²) >= 11 is 0. The summed E-state index contributed by atoms with van der Waals surface area (Å²) < 4.78 is 0. The lowest BCUT2D eigenvalue weighted by Gasteiger charge is -2.26. The van der Waals surface area contributed by atoms with E-state index < -0.39 is 0 Å². The molecule has 1 N–H and O–H groups in total. The minimum Gasteiger partial charge on any atom is -0.362 e. The lowest BCUT2D eigenvalue weighted by molar-refractivity contribution is 0.281. The fourth-order valence-corrected chi connectivity index (χ4v) is 4.50. The van der Waals surface area contributed by atoms with E-state index in [2.05, 4.69) is 54.3 Å². The Bertz CT molecular complexity index is 1000. The predicted octanol–water partition coefficient (Wildman–Crippen LogP) is 6.22. The van der Waals surface area contributed by atoms with Gasteiger partial charge in [-0.15, -0.1) is 0 Å². The van der Waals surface area contributed by atoms with E-state index >= 15 is 0 Å². The smallest absolute Gasteiger partial charge is 0.139 e.